The van der Waals surface area contributed by atoms with E-state index in [1.807, 2.05) is 19.1 Å². The number of rotatable bonds is 8. The Kier molecular flexibility index (Phi) is 7.77. The predicted octanol–water partition coefficient (Wildman–Crippen LogP) is 4.49. The Morgan fingerprint density at radius 1 is 1.05 bits per heavy atom. The number of nitrogens with two attached hydrogens (primary N) is 2. The first kappa shape index (κ1) is 27.1. The van der Waals surface area contributed by atoms with Gasteiger partial charge in [-0.1, -0.05) is 6.07 Å². The van der Waals surface area contributed by atoms with Gasteiger partial charge in [-0.2, -0.15) is 5.26 Å². The lowest BCUT2D eigenvalue weighted by molar-refractivity contribution is -0.117. The van der Waals surface area contributed by atoms with E-state index in [9.17, 15) is 14.9 Å². The van der Waals surface area contributed by atoms with E-state index in [2.05, 4.69) is 26.7 Å². The quantitative estimate of drug-likeness (QED) is 0.318. The molecule has 2 aromatic heterocycles. The van der Waals surface area contributed by atoms with Crippen molar-refractivity contribution in [3.63, 3.8) is 0 Å². The third kappa shape index (κ3) is 6.48. The monoisotopic (exact) mass is 521 g/mol. The van der Waals surface area contributed by atoms with Crippen molar-refractivity contribution < 1.29 is 9.59 Å². The maximum Gasteiger partial charge on any atom is 0.255 e. The van der Waals surface area contributed by atoms with Crippen LogP contribution < -0.4 is 22.1 Å². The first-order chi connectivity index (χ1) is 18.6. The molecule has 0 radical (unpaired) electrons. The molecular formula is C30H31N7O2. The van der Waals surface area contributed by atoms with Crippen LogP contribution in [0.2, 0.25) is 0 Å². The number of nitrogens with one attached hydrogen (secondary N) is 2. The number of anilines is 2. The van der Waals surface area contributed by atoms with Crippen LogP contribution in [0.4, 0.5) is 11.5 Å². The first-order valence-electron chi connectivity index (χ1n) is 12.6. The number of nitrogens with zero attached hydrogens (tertiary/aromatic N) is 3. The Bertz CT molecular complexity index is 1530. The maximum absolute atomic E-state index is 13.0. The number of pyridine rings is 2. The minimum Gasteiger partial charge on any atom is -0.404 e. The summed E-state index contributed by atoms with van der Waals surface area (Å²) in [5, 5.41) is 15.1. The van der Waals surface area contributed by atoms with Crippen molar-refractivity contribution in [2.45, 2.75) is 39.0 Å². The highest BCUT2D eigenvalue weighted by atomic mass is 16.2. The number of hydrogen-bond acceptors (Lipinski definition) is 7. The maximum atomic E-state index is 13.0. The second kappa shape index (κ2) is 11.2. The Morgan fingerprint density at radius 2 is 1.77 bits per heavy atom. The zero-order valence-corrected chi connectivity index (χ0v) is 22.2. The molecule has 0 atom stereocenters. The number of carbonyl (C=O) groups is 2. The fraction of sp³-hybridized carbons (Fsp3) is 0.233. The highest BCUT2D eigenvalue weighted by molar-refractivity contribution is 6.04. The van der Waals surface area contributed by atoms with Crippen molar-refractivity contribution in [3.8, 4) is 6.07 Å². The fourth-order valence-corrected chi connectivity index (χ4v) is 3.90. The average molecular weight is 522 g/mol. The van der Waals surface area contributed by atoms with Crippen LogP contribution in [0.3, 0.4) is 0 Å². The van der Waals surface area contributed by atoms with Crippen molar-refractivity contribution in [2.24, 2.45) is 17.4 Å². The summed E-state index contributed by atoms with van der Waals surface area (Å²) in [7, 11) is 0. The molecule has 0 saturated heterocycles. The highest BCUT2D eigenvalue weighted by Crippen LogP contribution is 2.30. The molecule has 6 N–H and O–H groups in total. The molecule has 1 aliphatic rings. The van der Waals surface area contributed by atoms with Crippen LogP contribution in [0.15, 0.2) is 67.1 Å². The zero-order chi connectivity index (χ0) is 28.2. The summed E-state index contributed by atoms with van der Waals surface area (Å²) in [6.07, 6.45) is 8.12. The number of nitriles is 1. The molecule has 9 nitrogen and oxygen atoms in total. The van der Waals surface area contributed by atoms with Crippen molar-refractivity contribution in [2.75, 3.05) is 10.6 Å². The number of aryl methyl sites for hydroxylation is 1. The van der Waals surface area contributed by atoms with Gasteiger partial charge < -0.3 is 22.1 Å². The van der Waals surface area contributed by atoms with E-state index in [1.54, 1.807) is 56.5 Å². The lowest BCUT2D eigenvalue weighted by Gasteiger charge is -2.15. The zero-order valence-electron chi connectivity index (χ0n) is 22.2. The van der Waals surface area contributed by atoms with Crippen LogP contribution in [0.25, 0.3) is 11.3 Å². The molecule has 0 aliphatic heterocycles. The van der Waals surface area contributed by atoms with E-state index in [-0.39, 0.29) is 17.7 Å². The van der Waals surface area contributed by atoms with Crippen molar-refractivity contribution in [1.29, 1.82) is 5.26 Å². The molecule has 1 fully saturated rings. The minimum atomic E-state index is -0.821. The second-order valence-corrected chi connectivity index (χ2v) is 10.1. The Hall–Kier alpha value is -4.97. The molecular weight excluding hydrogens is 490 g/mol. The number of hydrogen-bond donors (Lipinski definition) is 4. The summed E-state index contributed by atoms with van der Waals surface area (Å²) >= 11 is 0. The summed E-state index contributed by atoms with van der Waals surface area (Å²) in [6.45, 7) is 5.44. The summed E-state index contributed by atoms with van der Waals surface area (Å²) in [5.41, 5.74) is 16.6. The fourth-order valence-electron chi connectivity index (χ4n) is 3.90. The van der Waals surface area contributed by atoms with E-state index < -0.39 is 5.41 Å². The van der Waals surface area contributed by atoms with Gasteiger partial charge in [-0.15, -0.1) is 0 Å². The van der Waals surface area contributed by atoms with Crippen LogP contribution in [0.5, 0.6) is 0 Å². The summed E-state index contributed by atoms with van der Waals surface area (Å²) in [6, 6.07) is 14.4. The van der Waals surface area contributed by atoms with Crippen LogP contribution in [-0.4, -0.2) is 21.8 Å². The summed E-state index contributed by atoms with van der Waals surface area (Å²) in [4.78, 5) is 33.6. The average Bonchev–Trinajstić information content (AvgIpc) is 3.79. The summed E-state index contributed by atoms with van der Waals surface area (Å²) < 4.78 is 0. The van der Waals surface area contributed by atoms with Crippen LogP contribution in [0, 0.1) is 24.2 Å². The lowest BCUT2D eigenvalue weighted by Crippen LogP contribution is -2.18. The second-order valence-electron chi connectivity index (χ2n) is 10.1. The smallest absolute Gasteiger partial charge is 0.255 e. The number of amides is 2. The third-order valence-electron chi connectivity index (χ3n) is 6.53. The molecule has 0 spiro atoms. The van der Waals surface area contributed by atoms with Gasteiger partial charge in [0.1, 0.15) is 5.82 Å². The van der Waals surface area contributed by atoms with Gasteiger partial charge >= 0.3 is 0 Å². The molecule has 39 heavy (non-hydrogen) atoms. The number of benzene rings is 1. The van der Waals surface area contributed by atoms with E-state index in [0.29, 0.717) is 39.6 Å². The van der Waals surface area contributed by atoms with E-state index in [0.717, 1.165) is 24.0 Å². The van der Waals surface area contributed by atoms with E-state index >= 15 is 0 Å². The van der Waals surface area contributed by atoms with E-state index in [1.165, 1.54) is 12.4 Å². The molecule has 3 aromatic rings. The molecule has 1 saturated carbocycles. The molecule has 2 amide bonds. The van der Waals surface area contributed by atoms with Gasteiger partial charge in [0, 0.05) is 47.0 Å². The molecule has 198 valence electrons. The van der Waals surface area contributed by atoms with Gasteiger partial charge in [0.15, 0.2) is 0 Å². The van der Waals surface area contributed by atoms with Crippen molar-refractivity contribution in [1.82, 2.24) is 9.97 Å². The number of carbonyl (C=O) groups excluding carboxylic acids is 2. The van der Waals surface area contributed by atoms with Crippen molar-refractivity contribution >= 4 is 34.6 Å². The number of allylic oxidation sites excluding steroid dienone is 2. The standard InChI is InChI=1S/C30H31N7O2/c1-18-4-7-23(36-29(39)21-9-10-34-26(13-21)30(2,3)17-32)15-24(18)22(16-31)12-25(33)20-8-11-35-27(14-20)37-28(38)19-5-6-19/h4,7-16,19H,5-6,31,33H2,1-3H3,(H,36,39)(H,35,37,38)/b22-16+,25-12-. The van der Waals surface area contributed by atoms with E-state index in [4.69, 9.17) is 11.5 Å². The largest absolute Gasteiger partial charge is 0.404 e. The Morgan fingerprint density at radius 3 is 2.46 bits per heavy atom. The molecule has 9 heteroatoms. The van der Waals surface area contributed by atoms with Gasteiger partial charge in [0.25, 0.3) is 5.91 Å². The molecule has 1 aromatic carbocycles. The molecule has 0 unspecified atom stereocenters. The van der Waals surface area contributed by atoms with Crippen LogP contribution >= 0.6 is 0 Å². The molecule has 2 heterocycles. The van der Waals surface area contributed by atoms with Crippen LogP contribution in [-0.2, 0) is 10.2 Å². The summed E-state index contributed by atoms with van der Waals surface area (Å²) in [5.74, 6) is 0.150. The van der Waals surface area contributed by atoms with Gasteiger partial charge in [-0.25, -0.2) is 4.98 Å². The number of aromatic nitrogens is 2. The lowest BCUT2D eigenvalue weighted by atomic mass is 9.90. The molecule has 0 bridgehead atoms. The predicted molar refractivity (Wildman–Crippen MR) is 152 cm³/mol. The van der Waals surface area contributed by atoms with Gasteiger partial charge in [0.2, 0.25) is 5.91 Å². The van der Waals surface area contributed by atoms with Crippen molar-refractivity contribution in [3.05, 3.63) is 95.1 Å². The topological polar surface area (TPSA) is 160 Å². The van der Waals surface area contributed by atoms with Gasteiger partial charge in [-0.3, -0.25) is 14.6 Å². The minimum absolute atomic E-state index is 0.0315. The molecule has 1 aliphatic carbocycles. The Balaban J connectivity index is 1.55. The first-order valence-corrected chi connectivity index (χ1v) is 12.6. The van der Waals surface area contributed by atoms with Gasteiger partial charge in [0.05, 0.1) is 17.2 Å². The third-order valence-corrected chi connectivity index (χ3v) is 6.53. The highest BCUT2D eigenvalue weighted by Gasteiger charge is 2.29. The van der Waals surface area contributed by atoms with Gasteiger partial charge in [-0.05, 0) is 92.8 Å². The molecule has 4 rings (SSSR count). The SMILES string of the molecule is Cc1ccc(NC(=O)c2ccnc(C(C)(C)C#N)c2)cc1C(/C=C(\N)c1ccnc(NC(=O)C2CC2)c1)=C/N. The Labute approximate surface area is 227 Å². The van der Waals surface area contributed by atoms with Crippen LogP contribution in [0.1, 0.15) is 59.4 Å². The normalized spacial score (nSPS) is 13.9.